The number of nitrogens with one attached hydrogen (secondary N) is 1. The summed E-state index contributed by atoms with van der Waals surface area (Å²) < 4.78 is 0. The Labute approximate surface area is 164 Å². The Hall–Kier alpha value is -1.81. The highest BCUT2D eigenvalue weighted by atomic mass is 35.5. The third-order valence-electron chi connectivity index (χ3n) is 4.58. The first-order valence-corrected chi connectivity index (χ1v) is 9.56. The van der Waals surface area contributed by atoms with Crippen LogP contribution in [-0.4, -0.2) is 29.9 Å². The van der Waals surface area contributed by atoms with Crippen LogP contribution in [0.3, 0.4) is 0 Å². The lowest BCUT2D eigenvalue weighted by atomic mass is 10.0. The number of hydrogen-bond acceptors (Lipinski definition) is 2. The zero-order chi connectivity index (χ0) is 18.4. The molecule has 1 heterocycles. The Morgan fingerprint density at radius 3 is 2.54 bits per heavy atom. The van der Waals surface area contributed by atoms with E-state index in [9.17, 15) is 4.79 Å². The predicted molar refractivity (Wildman–Crippen MR) is 108 cm³/mol. The summed E-state index contributed by atoms with van der Waals surface area (Å²) in [4.78, 5) is 14.6. The fraction of sp³-hybridized carbons (Fsp3) is 0.286. The van der Waals surface area contributed by atoms with Crippen molar-refractivity contribution in [2.24, 2.45) is 0 Å². The van der Waals surface area contributed by atoms with Gasteiger partial charge >= 0.3 is 0 Å². The number of rotatable bonds is 5. The molecule has 0 radical (unpaired) electrons. The van der Waals surface area contributed by atoms with Gasteiger partial charge in [-0.15, -0.1) is 0 Å². The Morgan fingerprint density at radius 1 is 1.08 bits per heavy atom. The molecular weight excluding hydrogens is 367 g/mol. The lowest BCUT2D eigenvalue weighted by Crippen LogP contribution is -2.43. The molecule has 0 saturated carbocycles. The molecule has 1 saturated heterocycles. The highest BCUT2D eigenvalue weighted by Gasteiger charge is 2.20. The molecule has 136 valence electrons. The van der Waals surface area contributed by atoms with E-state index in [4.69, 9.17) is 23.2 Å². The number of hydrogen-bond donors (Lipinski definition) is 1. The number of carbonyl (C=O) groups is 1. The van der Waals surface area contributed by atoms with Crippen LogP contribution in [0.15, 0.2) is 54.6 Å². The molecule has 0 spiro atoms. The quantitative estimate of drug-likeness (QED) is 0.746. The summed E-state index contributed by atoms with van der Waals surface area (Å²) in [6, 6.07) is 16.1. The zero-order valence-corrected chi connectivity index (χ0v) is 16.0. The molecule has 1 amide bonds. The normalized spacial score (nSPS) is 16.1. The van der Waals surface area contributed by atoms with Crippen LogP contribution < -0.4 is 5.32 Å². The van der Waals surface area contributed by atoms with Crippen LogP contribution in [0.5, 0.6) is 0 Å². The number of benzene rings is 2. The molecule has 1 aliphatic rings. The van der Waals surface area contributed by atoms with Gasteiger partial charge in [-0.3, -0.25) is 9.69 Å². The van der Waals surface area contributed by atoms with Gasteiger partial charge < -0.3 is 5.32 Å². The minimum Gasteiger partial charge on any atom is -0.350 e. The van der Waals surface area contributed by atoms with E-state index in [0.717, 1.165) is 38.0 Å². The van der Waals surface area contributed by atoms with E-state index in [1.807, 2.05) is 18.2 Å². The minimum atomic E-state index is -0.0949. The summed E-state index contributed by atoms with van der Waals surface area (Å²) in [5, 5.41) is 4.03. The molecule has 5 heteroatoms. The van der Waals surface area contributed by atoms with E-state index in [0.29, 0.717) is 10.0 Å². The SMILES string of the molecule is O=C(/C=C/c1cccc(Cl)c1Cl)NC1CCN(Cc2ccccc2)CC1. The van der Waals surface area contributed by atoms with Gasteiger partial charge in [-0.2, -0.15) is 0 Å². The number of carbonyl (C=O) groups excluding carboxylic acids is 1. The fourth-order valence-electron chi connectivity index (χ4n) is 3.14. The second kappa shape index (κ2) is 9.22. The summed E-state index contributed by atoms with van der Waals surface area (Å²) in [7, 11) is 0. The second-order valence-corrected chi connectivity index (χ2v) is 7.31. The van der Waals surface area contributed by atoms with Crippen molar-refractivity contribution in [2.45, 2.75) is 25.4 Å². The van der Waals surface area contributed by atoms with Gasteiger partial charge in [0.25, 0.3) is 0 Å². The van der Waals surface area contributed by atoms with Crippen molar-refractivity contribution < 1.29 is 4.79 Å². The number of nitrogens with zero attached hydrogens (tertiary/aromatic N) is 1. The molecule has 1 N–H and O–H groups in total. The first kappa shape index (κ1) is 19.0. The standard InChI is InChI=1S/C21H22Cl2N2O/c22-19-8-4-7-17(21(19)23)9-10-20(26)24-18-11-13-25(14-12-18)15-16-5-2-1-3-6-16/h1-10,18H,11-15H2,(H,24,26)/b10-9+. The molecule has 0 bridgehead atoms. The van der Waals surface area contributed by atoms with Crippen LogP contribution >= 0.6 is 23.2 Å². The lowest BCUT2D eigenvalue weighted by molar-refractivity contribution is -0.117. The monoisotopic (exact) mass is 388 g/mol. The van der Waals surface area contributed by atoms with Crippen molar-refractivity contribution in [3.63, 3.8) is 0 Å². The Kier molecular flexibility index (Phi) is 6.73. The largest absolute Gasteiger partial charge is 0.350 e. The molecule has 0 aliphatic carbocycles. The number of piperidine rings is 1. The minimum absolute atomic E-state index is 0.0949. The maximum Gasteiger partial charge on any atom is 0.244 e. The molecule has 3 nitrogen and oxygen atoms in total. The highest BCUT2D eigenvalue weighted by Crippen LogP contribution is 2.26. The van der Waals surface area contributed by atoms with Crippen molar-refractivity contribution >= 4 is 35.2 Å². The van der Waals surface area contributed by atoms with Gasteiger partial charge in [0.1, 0.15) is 0 Å². The van der Waals surface area contributed by atoms with Gasteiger partial charge in [-0.25, -0.2) is 0 Å². The molecule has 3 rings (SSSR count). The number of halogens is 2. The molecule has 1 fully saturated rings. The third kappa shape index (κ3) is 5.34. The van der Waals surface area contributed by atoms with Gasteiger partial charge in [0.2, 0.25) is 5.91 Å². The van der Waals surface area contributed by atoms with Crippen LogP contribution in [0.1, 0.15) is 24.0 Å². The molecule has 0 aromatic heterocycles. The van der Waals surface area contributed by atoms with Crippen LogP contribution in [0.25, 0.3) is 6.08 Å². The van der Waals surface area contributed by atoms with E-state index in [-0.39, 0.29) is 11.9 Å². The van der Waals surface area contributed by atoms with Crippen LogP contribution in [0.4, 0.5) is 0 Å². The maximum atomic E-state index is 12.2. The molecule has 26 heavy (non-hydrogen) atoms. The predicted octanol–water partition coefficient (Wildman–Crippen LogP) is 4.79. The van der Waals surface area contributed by atoms with Crippen molar-refractivity contribution in [2.75, 3.05) is 13.1 Å². The Morgan fingerprint density at radius 2 is 1.81 bits per heavy atom. The molecule has 0 atom stereocenters. The third-order valence-corrected chi connectivity index (χ3v) is 5.41. The van der Waals surface area contributed by atoms with E-state index in [2.05, 4.69) is 34.5 Å². The first-order valence-electron chi connectivity index (χ1n) is 8.80. The molecule has 0 unspecified atom stereocenters. The van der Waals surface area contributed by atoms with E-state index >= 15 is 0 Å². The highest BCUT2D eigenvalue weighted by molar-refractivity contribution is 6.42. The number of likely N-dealkylation sites (tertiary alicyclic amines) is 1. The smallest absolute Gasteiger partial charge is 0.244 e. The molecule has 2 aromatic carbocycles. The second-order valence-electron chi connectivity index (χ2n) is 6.52. The average molecular weight is 389 g/mol. The summed E-state index contributed by atoms with van der Waals surface area (Å²) in [5.74, 6) is -0.0949. The van der Waals surface area contributed by atoms with Crippen LogP contribution in [-0.2, 0) is 11.3 Å². The van der Waals surface area contributed by atoms with Crippen LogP contribution in [0, 0.1) is 0 Å². The van der Waals surface area contributed by atoms with E-state index < -0.39 is 0 Å². The number of amides is 1. The molecular formula is C21H22Cl2N2O. The van der Waals surface area contributed by atoms with Gasteiger partial charge in [0.05, 0.1) is 10.0 Å². The average Bonchev–Trinajstić information content (AvgIpc) is 2.65. The summed E-state index contributed by atoms with van der Waals surface area (Å²) in [6.45, 7) is 2.95. The zero-order valence-electron chi connectivity index (χ0n) is 14.5. The van der Waals surface area contributed by atoms with Gasteiger partial charge in [0.15, 0.2) is 0 Å². The summed E-state index contributed by atoms with van der Waals surface area (Å²) in [6.07, 6.45) is 5.15. The van der Waals surface area contributed by atoms with Crippen molar-refractivity contribution in [1.29, 1.82) is 0 Å². The Balaban J connectivity index is 1.46. The van der Waals surface area contributed by atoms with Gasteiger partial charge in [-0.05, 0) is 36.1 Å². The van der Waals surface area contributed by atoms with Gasteiger partial charge in [0, 0.05) is 31.8 Å². The maximum absolute atomic E-state index is 12.2. The molecule has 2 aromatic rings. The molecule has 1 aliphatic heterocycles. The van der Waals surface area contributed by atoms with Gasteiger partial charge in [-0.1, -0.05) is 65.7 Å². The van der Waals surface area contributed by atoms with Crippen molar-refractivity contribution in [3.05, 3.63) is 75.8 Å². The lowest BCUT2D eigenvalue weighted by Gasteiger charge is -2.32. The first-order chi connectivity index (χ1) is 12.6. The van der Waals surface area contributed by atoms with E-state index in [1.54, 1.807) is 12.1 Å². The Bertz CT molecular complexity index is 769. The summed E-state index contributed by atoms with van der Waals surface area (Å²) >= 11 is 12.1. The fourth-order valence-corrected chi connectivity index (χ4v) is 3.51. The van der Waals surface area contributed by atoms with Crippen LogP contribution in [0.2, 0.25) is 10.0 Å². The van der Waals surface area contributed by atoms with Crippen molar-refractivity contribution in [1.82, 2.24) is 10.2 Å². The van der Waals surface area contributed by atoms with Crippen molar-refractivity contribution in [3.8, 4) is 0 Å². The topological polar surface area (TPSA) is 32.3 Å². The van der Waals surface area contributed by atoms with E-state index in [1.165, 1.54) is 11.6 Å². The summed E-state index contributed by atoms with van der Waals surface area (Å²) in [5.41, 5.74) is 2.07.